The molecule has 0 amide bonds. The maximum absolute atomic E-state index is 13.0. The van der Waals surface area contributed by atoms with E-state index in [4.69, 9.17) is 21.1 Å². The fourth-order valence-corrected chi connectivity index (χ4v) is 5.66. The molecule has 2 fully saturated rings. The zero-order chi connectivity index (χ0) is 19.6. The van der Waals surface area contributed by atoms with Gasteiger partial charge in [-0.3, -0.25) is 4.90 Å². The van der Waals surface area contributed by atoms with E-state index in [9.17, 15) is 8.42 Å². The van der Waals surface area contributed by atoms with Crippen LogP contribution in [0.5, 0.6) is 5.75 Å². The summed E-state index contributed by atoms with van der Waals surface area (Å²) in [6, 6.07) is 5.57. The highest BCUT2D eigenvalue weighted by Crippen LogP contribution is 2.25. The molecular formula is C18H28ClN3O4S. The van der Waals surface area contributed by atoms with E-state index in [1.54, 1.807) is 21.8 Å². The van der Waals surface area contributed by atoms with Gasteiger partial charge in [0, 0.05) is 56.4 Å². The standard InChI is InChI=1S/C18H28ClN3O4S/c1-14-11-22(12-15(2)26-14)27(23,24)21-8-6-20(7-9-21)13-16-10-17(19)4-5-18(16)25-3/h4-5,10,14-15H,6-9,11-13H2,1-3H3. The molecule has 2 unspecified atom stereocenters. The van der Waals surface area contributed by atoms with E-state index in [2.05, 4.69) is 4.90 Å². The van der Waals surface area contributed by atoms with Crippen molar-refractivity contribution in [3.8, 4) is 5.75 Å². The van der Waals surface area contributed by atoms with Gasteiger partial charge in [0.05, 0.1) is 19.3 Å². The third-order valence-electron chi connectivity index (χ3n) is 5.01. The molecule has 2 atom stereocenters. The summed E-state index contributed by atoms with van der Waals surface area (Å²) in [6.07, 6.45) is -0.166. The number of piperazine rings is 1. The lowest BCUT2D eigenvalue weighted by atomic mass is 10.1. The zero-order valence-electron chi connectivity index (χ0n) is 16.1. The molecule has 7 nitrogen and oxygen atoms in total. The van der Waals surface area contributed by atoms with E-state index < -0.39 is 10.2 Å². The third kappa shape index (κ3) is 4.93. The number of ether oxygens (including phenoxy) is 2. The molecule has 2 heterocycles. The van der Waals surface area contributed by atoms with Gasteiger partial charge in [0.1, 0.15) is 5.75 Å². The van der Waals surface area contributed by atoms with Crippen molar-refractivity contribution in [1.29, 1.82) is 0 Å². The molecule has 27 heavy (non-hydrogen) atoms. The van der Waals surface area contributed by atoms with Gasteiger partial charge in [0.2, 0.25) is 0 Å². The smallest absolute Gasteiger partial charge is 0.282 e. The summed E-state index contributed by atoms with van der Waals surface area (Å²) in [5, 5.41) is 0.669. The van der Waals surface area contributed by atoms with Crippen molar-refractivity contribution >= 4 is 21.8 Å². The molecule has 1 aromatic rings. The molecule has 1 aromatic carbocycles. The number of methoxy groups -OCH3 is 1. The normalized spacial score (nSPS) is 26.2. The minimum Gasteiger partial charge on any atom is -0.496 e. The molecule has 0 aromatic heterocycles. The lowest BCUT2D eigenvalue weighted by Crippen LogP contribution is -2.57. The first-order valence-corrected chi connectivity index (χ1v) is 11.0. The Kier molecular flexibility index (Phi) is 6.66. The van der Waals surface area contributed by atoms with Gasteiger partial charge in [0.15, 0.2) is 0 Å². The van der Waals surface area contributed by atoms with E-state index in [1.807, 2.05) is 26.0 Å². The first-order chi connectivity index (χ1) is 12.8. The molecule has 0 aliphatic carbocycles. The first kappa shape index (κ1) is 20.8. The fourth-order valence-electron chi connectivity index (χ4n) is 3.71. The second-order valence-electron chi connectivity index (χ2n) is 7.21. The van der Waals surface area contributed by atoms with Crippen molar-refractivity contribution in [2.75, 3.05) is 46.4 Å². The van der Waals surface area contributed by atoms with Crippen molar-refractivity contribution < 1.29 is 17.9 Å². The molecule has 152 valence electrons. The Balaban J connectivity index is 1.61. The second-order valence-corrected chi connectivity index (χ2v) is 9.58. The third-order valence-corrected chi connectivity index (χ3v) is 7.21. The molecule has 3 rings (SSSR count). The van der Waals surface area contributed by atoms with E-state index in [-0.39, 0.29) is 12.2 Å². The van der Waals surface area contributed by atoms with Crippen LogP contribution in [-0.4, -0.2) is 80.5 Å². The molecule has 2 saturated heterocycles. The Hall–Kier alpha value is -0.900. The SMILES string of the molecule is COc1ccc(Cl)cc1CN1CCN(S(=O)(=O)N2CC(C)OC(C)C2)CC1. The highest BCUT2D eigenvalue weighted by molar-refractivity contribution is 7.86. The molecule has 0 saturated carbocycles. The average molecular weight is 418 g/mol. The zero-order valence-corrected chi connectivity index (χ0v) is 17.7. The number of morpholine rings is 1. The lowest BCUT2D eigenvalue weighted by Gasteiger charge is -2.40. The Bertz CT molecular complexity index is 743. The molecule has 0 bridgehead atoms. The van der Waals surface area contributed by atoms with Gasteiger partial charge < -0.3 is 9.47 Å². The van der Waals surface area contributed by atoms with Crippen LogP contribution in [0.4, 0.5) is 0 Å². The van der Waals surface area contributed by atoms with E-state index in [0.717, 1.165) is 11.3 Å². The lowest BCUT2D eigenvalue weighted by molar-refractivity contribution is -0.0457. The van der Waals surface area contributed by atoms with Crippen LogP contribution >= 0.6 is 11.6 Å². The van der Waals surface area contributed by atoms with Crippen molar-refractivity contribution in [3.05, 3.63) is 28.8 Å². The summed E-state index contributed by atoms with van der Waals surface area (Å²) in [6.45, 7) is 7.62. The van der Waals surface area contributed by atoms with Crippen LogP contribution in [0.2, 0.25) is 5.02 Å². The maximum atomic E-state index is 13.0. The monoisotopic (exact) mass is 417 g/mol. The first-order valence-electron chi connectivity index (χ1n) is 9.25. The van der Waals surface area contributed by atoms with E-state index in [0.29, 0.717) is 50.8 Å². The summed E-state index contributed by atoms with van der Waals surface area (Å²) in [5.74, 6) is 0.797. The Morgan fingerprint density at radius 1 is 1.11 bits per heavy atom. The number of halogens is 1. The van der Waals surface area contributed by atoms with Gasteiger partial charge in [-0.15, -0.1) is 0 Å². The molecule has 0 N–H and O–H groups in total. The Labute approximate surface area is 167 Å². The van der Waals surface area contributed by atoms with E-state index in [1.165, 1.54) is 0 Å². The van der Waals surface area contributed by atoms with Crippen LogP contribution in [-0.2, 0) is 21.5 Å². The highest BCUT2D eigenvalue weighted by atomic mass is 35.5. The predicted octanol–water partition coefficient (Wildman–Crippen LogP) is 1.82. The quantitative estimate of drug-likeness (QED) is 0.731. The number of nitrogens with zero attached hydrogens (tertiary/aromatic N) is 3. The molecular weight excluding hydrogens is 390 g/mol. The molecule has 0 radical (unpaired) electrons. The van der Waals surface area contributed by atoms with Crippen molar-refractivity contribution in [1.82, 2.24) is 13.5 Å². The number of rotatable bonds is 5. The summed E-state index contributed by atoms with van der Waals surface area (Å²) >= 11 is 6.11. The molecule has 0 spiro atoms. The van der Waals surface area contributed by atoms with Crippen LogP contribution < -0.4 is 4.74 Å². The highest BCUT2D eigenvalue weighted by Gasteiger charge is 2.36. The number of hydrogen-bond donors (Lipinski definition) is 0. The van der Waals surface area contributed by atoms with Gasteiger partial charge in [-0.05, 0) is 32.0 Å². The van der Waals surface area contributed by atoms with Crippen molar-refractivity contribution in [2.45, 2.75) is 32.6 Å². The summed E-state index contributed by atoms with van der Waals surface area (Å²) < 4.78 is 40.2. The van der Waals surface area contributed by atoms with Gasteiger partial charge in [0.25, 0.3) is 10.2 Å². The Morgan fingerprint density at radius 2 is 1.74 bits per heavy atom. The van der Waals surface area contributed by atoms with Gasteiger partial charge in [-0.1, -0.05) is 11.6 Å². The number of benzene rings is 1. The van der Waals surface area contributed by atoms with Crippen LogP contribution in [0.15, 0.2) is 18.2 Å². The molecule has 9 heteroatoms. The Morgan fingerprint density at radius 3 is 2.33 bits per heavy atom. The van der Waals surface area contributed by atoms with Gasteiger partial charge in [-0.2, -0.15) is 17.0 Å². The fraction of sp³-hybridized carbons (Fsp3) is 0.667. The maximum Gasteiger partial charge on any atom is 0.282 e. The summed E-state index contributed by atoms with van der Waals surface area (Å²) in [7, 11) is -1.81. The minimum atomic E-state index is -3.45. The minimum absolute atomic E-state index is 0.0832. The predicted molar refractivity (Wildman–Crippen MR) is 105 cm³/mol. The molecule has 2 aliphatic heterocycles. The largest absolute Gasteiger partial charge is 0.496 e. The van der Waals surface area contributed by atoms with Crippen LogP contribution in [0.3, 0.4) is 0 Å². The average Bonchev–Trinajstić information content (AvgIpc) is 2.61. The van der Waals surface area contributed by atoms with Crippen molar-refractivity contribution in [3.63, 3.8) is 0 Å². The summed E-state index contributed by atoms with van der Waals surface area (Å²) in [5.41, 5.74) is 1.01. The van der Waals surface area contributed by atoms with Crippen LogP contribution in [0, 0.1) is 0 Å². The summed E-state index contributed by atoms with van der Waals surface area (Å²) in [4.78, 5) is 2.23. The van der Waals surface area contributed by atoms with Gasteiger partial charge >= 0.3 is 0 Å². The van der Waals surface area contributed by atoms with Crippen LogP contribution in [0.25, 0.3) is 0 Å². The topological polar surface area (TPSA) is 62.3 Å². The second kappa shape index (κ2) is 8.63. The van der Waals surface area contributed by atoms with Crippen LogP contribution in [0.1, 0.15) is 19.4 Å². The number of hydrogen-bond acceptors (Lipinski definition) is 5. The van der Waals surface area contributed by atoms with E-state index >= 15 is 0 Å². The van der Waals surface area contributed by atoms with Crippen molar-refractivity contribution in [2.24, 2.45) is 0 Å². The van der Waals surface area contributed by atoms with Gasteiger partial charge in [-0.25, -0.2) is 0 Å². The molecule has 2 aliphatic rings.